The summed E-state index contributed by atoms with van der Waals surface area (Å²) in [6.07, 6.45) is -0.163. The number of rotatable bonds is 3. The molecule has 2 aromatic rings. The van der Waals surface area contributed by atoms with Gasteiger partial charge in [0.15, 0.2) is 9.84 Å². The average Bonchev–Trinajstić information content (AvgIpc) is 2.76. The zero-order valence-electron chi connectivity index (χ0n) is 14.1. The fourth-order valence-corrected chi connectivity index (χ4v) is 4.21. The van der Waals surface area contributed by atoms with Crippen molar-refractivity contribution in [3.8, 4) is 17.6 Å². The first-order valence-electron chi connectivity index (χ1n) is 7.56. The van der Waals surface area contributed by atoms with Gasteiger partial charge in [0.1, 0.15) is 17.3 Å². The maximum Gasteiger partial charge on any atom is 0.351 e. The summed E-state index contributed by atoms with van der Waals surface area (Å²) >= 11 is 0. The van der Waals surface area contributed by atoms with Crippen molar-refractivity contribution in [1.82, 2.24) is 0 Å². The lowest BCUT2D eigenvalue weighted by atomic mass is 10.1. The van der Waals surface area contributed by atoms with E-state index in [1.807, 2.05) is 0 Å². The molecule has 0 aliphatic carbocycles. The molecule has 0 saturated carbocycles. The quantitative estimate of drug-likeness (QED) is 0.796. The minimum atomic E-state index is -3.94. The number of nitrogens with zero attached hydrogens (tertiary/aromatic N) is 2. The normalized spacial score (nSPS) is 15.4. The van der Waals surface area contributed by atoms with Crippen molar-refractivity contribution in [2.75, 3.05) is 11.3 Å². The van der Waals surface area contributed by atoms with Crippen LogP contribution in [0.15, 0.2) is 29.2 Å². The van der Waals surface area contributed by atoms with Gasteiger partial charge in [-0.1, -0.05) is 0 Å². The molecule has 0 atom stereocenters. The molecule has 1 aliphatic heterocycles. The molecule has 0 aromatic heterocycles. The van der Waals surface area contributed by atoms with Crippen LogP contribution in [0.1, 0.15) is 16.7 Å². The maximum atomic E-state index is 14.1. The van der Waals surface area contributed by atoms with Crippen molar-refractivity contribution in [3.05, 3.63) is 46.8 Å². The number of hydroxylamine groups is 1. The summed E-state index contributed by atoms with van der Waals surface area (Å²) in [7, 11) is -3.94. The van der Waals surface area contributed by atoms with Crippen LogP contribution in [0.25, 0.3) is 0 Å². The number of sulfone groups is 1. The van der Waals surface area contributed by atoms with E-state index in [2.05, 4.69) is 0 Å². The summed E-state index contributed by atoms with van der Waals surface area (Å²) < 4.78 is 71.3. The van der Waals surface area contributed by atoms with Gasteiger partial charge in [0.05, 0.1) is 28.6 Å². The third kappa shape index (κ3) is 3.31. The first kappa shape index (κ1) is 19.0. The van der Waals surface area contributed by atoms with E-state index in [0.717, 1.165) is 18.4 Å². The van der Waals surface area contributed by atoms with Crippen LogP contribution in [0.3, 0.4) is 0 Å². The number of alkyl halides is 2. The van der Waals surface area contributed by atoms with Gasteiger partial charge in [-0.15, -0.1) is 0 Å². The number of hydrogen-bond donors (Lipinski definition) is 1. The van der Waals surface area contributed by atoms with Crippen molar-refractivity contribution in [3.63, 3.8) is 0 Å². The molecular formula is C17H13F3N2O4S. The molecule has 1 aliphatic rings. The molecule has 3 rings (SSSR count). The summed E-state index contributed by atoms with van der Waals surface area (Å²) in [5.41, 5.74) is -0.786. The second-order valence-electron chi connectivity index (χ2n) is 6.16. The average molecular weight is 398 g/mol. The first-order valence-corrected chi connectivity index (χ1v) is 9.45. The molecule has 1 heterocycles. The lowest BCUT2D eigenvalue weighted by Gasteiger charge is -2.21. The van der Waals surface area contributed by atoms with Crippen molar-refractivity contribution < 1.29 is 31.5 Å². The third-order valence-corrected chi connectivity index (χ3v) is 5.27. The lowest BCUT2D eigenvalue weighted by molar-refractivity contribution is -0.0614. The van der Waals surface area contributed by atoms with E-state index in [0.29, 0.717) is 0 Å². The van der Waals surface area contributed by atoms with Gasteiger partial charge in [-0.3, -0.25) is 5.21 Å². The summed E-state index contributed by atoms with van der Waals surface area (Å²) in [5.74, 6) is -1.06. The predicted octanol–water partition coefficient (Wildman–Crippen LogP) is 3.55. The molecule has 0 radical (unpaired) electrons. The Hall–Kier alpha value is -2.77. The second kappa shape index (κ2) is 6.14. The highest BCUT2D eigenvalue weighted by Crippen LogP contribution is 2.49. The molecule has 0 saturated heterocycles. The number of halogens is 3. The molecule has 0 spiro atoms. The number of nitriles is 1. The van der Waals surface area contributed by atoms with Crippen molar-refractivity contribution in [2.24, 2.45) is 0 Å². The van der Waals surface area contributed by atoms with E-state index < -0.39 is 38.7 Å². The Bertz CT molecular complexity index is 1090. The number of benzene rings is 2. The number of aryl methyl sites for hydroxylation is 1. The van der Waals surface area contributed by atoms with E-state index in [4.69, 9.17) is 10.00 Å². The number of fused-ring (bicyclic) bond motifs is 1. The van der Waals surface area contributed by atoms with Crippen LogP contribution in [0, 0.1) is 24.1 Å². The van der Waals surface area contributed by atoms with E-state index in [1.54, 1.807) is 6.07 Å². The minimum absolute atomic E-state index is 0.0414. The van der Waals surface area contributed by atoms with Crippen molar-refractivity contribution >= 4 is 15.5 Å². The number of hydrogen-bond acceptors (Lipinski definition) is 6. The first-order chi connectivity index (χ1) is 12.4. The Labute approximate surface area is 152 Å². The minimum Gasteiger partial charge on any atom is -0.457 e. The van der Waals surface area contributed by atoms with Crippen molar-refractivity contribution in [1.29, 1.82) is 5.26 Å². The highest BCUT2D eigenvalue weighted by molar-refractivity contribution is 7.91. The fraction of sp³-hybridized carbons (Fsp3) is 0.235. The maximum absolute atomic E-state index is 14.1. The number of ether oxygens (including phenoxy) is 1. The number of anilines is 1. The summed E-state index contributed by atoms with van der Waals surface area (Å²) in [6, 6.07) is 2.35. The van der Waals surface area contributed by atoms with Gasteiger partial charge in [0.25, 0.3) is 0 Å². The lowest BCUT2D eigenvalue weighted by Crippen LogP contribution is -2.36. The molecule has 10 heteroatoms. The standard InChI is InChI=1S/C17H13F3N2O4S/c1-9-3-14(26-12-5-10(8-21)4-11(18)6-12)13-7-17(19,20)22(23)15(13)16(9)27(2,24)25/h3-6,23H,7H2,1-2H3. The van der Waals surface area contributed by atoms with Crippen LogP contribution in [0.5, 0.6) is 11.5 Å². The van der Waals surface area contributed by atoms with Gasteiger partial charge < -0.3 is 4.74 Å². The highest BCUT2D eigenvalue weighted by Gasteiger charge is 2.49. The van der Waals surface area contributed by atoms with Gasteiger partial charge in [0, 0.05) is 17.9 Å². The monoisotopic (exact) mass is 398 g/mol. The molecule has 2 aromatic carbocycles. The molecule has 0 bridgehead atoms. The van der Waals surface area contributed by atoms with Crippen LogP contribution in [-0.2, 0) is 16.3 Å². The van der Waals surface area contributed by atoms with Gasteiger partial charge in [0.2, 0.25) is 0 Å². The van der Waals surface area contributed by atoms with Crippen LogP contribution in [-0.4, -0.2) is 25.9 Å². The van der Waals surface area contributed by atoms with Gasteiger partial charge in [-0.2, -0.15) is 19.1 Å². The Kier molecular flexibility index (Phi) is 4.32. The molecule has 27 heavy (non-hydrogen) atoms. The highest BCUT2D eigenvalue weighted by atomic mass is 32.2. The van der Waals surface area contributed by atoms with Gasteiger partial charge in [-0.25, -0.2) is 12.8 Å². The van der Waals surface area contributed by atoms with Crippen LogP contribution in [0.4, 0.5) is 18.9 Å². The Morgan fingerprint density at radius 2 is 1.96 bits per heavy atom. The van der Waals surface area contributed by atoms with E-state index in [9.17, 15) is 26.8 Å². The van der Waals surface area contributed by atoms with Crippen LogP contribution < -0.4 is 9.80 Å². The van der Waals surface area contributed by atoms with Gasteiger partial charge >= 0.3 is 6.05 Å². The molecule has 1 N–H and O–H groups in total. The summed E-state index contributed by atoms with van der Waals surface area (Å²) in [5, 5.41) is 18.4. The largest absolute Gasteiger partial charge is 0.457 e. The topological polar surface area (TPSA) is 90.6 Å². The Morgan fingerprint density at radius 1 is 1.30 bits per heavy atom. The van der Waals surface area contributed by atoms with E-state index in [-0.39, 0.29) is 33.3 Å². The molecule has 6 nitrogen and oxygen atoms in total. The van der Waals surface area contributed by atoms with Crippen molar-refractivity contribution in [2.45, 2.75) is 24.3 Å². The van der Waals surface area contributed by atoms with Crippen LogP contribution in [0.2, 0.25) is 0 Å². The van der Waals surface area contributed by atoms with Crippen LogP contribution >= 0.6 is 0 Å². The zero-order chi connectivity index (χ0) is 20.1. The SMILES string of the molecule is Cc1cc(Oc2cc(F)cc(C#N)c2)c2c(c1S(C)(=O)=O)N(O)C(F)(F)C2. The molecule has 0 fully saturated rings. The summed E-state index contributed by atoms with van der Waals surface area (Å²) in [4.78, 5) is -0.443. The fourth-order valence-electron chi connectivity index (χ4n) is 3.01. The molecular weight excluding hydrogens is 385 g/mol. The predicted molar refractivity (Wildman–Crippen MR) is 88.4 cm³/mol. The third-order valence-electron chi connectivity index (χ3n) is 4.01. The smallest absolute Gasteiger partial charge is 0.351 e. The van der Waals surface area contributed by atoms with Gasteiger partial charge in [-0.05, 0) is 30.7 Å². The molecule has 142 valence electrons. The molecule has 0 amide bonds. The zero-order valence-corrected chi connectivity index (χ0v) is 14.9. The molecule has 0 unspecified atom stereocenters. The van der Waals surface area contributed by atoms with E-state index in [1.165, 1.54) is 19.1 Å². The summed E-state index contributed by atoms with van der Waals surface area (Å²) in [6.45, 7) is 1.36. The van der Waals surface area contributed by atoms with E-state index >= 15 is 0 Å². The Morgan fingerprint density at radius 3 is 2.56 bits per heavy atom. The second-order valence-corrected chi connectivity index (χ2v) is 8.12. The Balaban J connectivity index is 2.22.